The van der Waals surface area contributed by atoms with Crippen molar-refractivity contribution in [1.82, 2.24) is 0 Å². The van der Waals surface area contributed by atoms with Crippen LogP contribution in [0.5, 0.6) is 11.5 Å². The number of aromatic hydroxyl groups is 1. The average Bonchev–Trinajstić information content (AvgIpc) is 2.82. The van der Waals surface area contributed by atoms with Crippen LogP contribution < -0.4 is 9.64 Å². The summed E-state index contributed by atoms with van der Waals surface area (Å²) in [6.07, 6.45) is 1.69. The zero-order valence-corrected chi connectivity index (χ0v) is 16.0. The van der Waals surface area contributed by atoms with Gasteiger partial charge in [-0.1, -0.05) is 53.2 Å². The molecule has 1 amide bonds. The Bertz CT molecular complexity index is 895. The molecule has 25 heavy (non-hydrogen) atoms. The first-order chi connectivity index (χ1) is 11.9. The number of nitrogens with zero attached hydrogens (tertiary/aromatic N) is 1. The minimum absolute atomic E-state index is 0.0285. The lowest BCUT2D eigenvalue weighted by Crippen LogP contribution is -2.27. The fourth-order valence-electron chi connectivity index (χ4n) is 2.29. The normalized spacial score (nSPS) is 16.0. The van der Waals surface area contributed by atoms with Crippen molar-refractivity contribution in [3.8, 4) is 11.5 Å². The zero-order chi connectivity index (χ0) is 18.1. The summed E-state index contributed by atoms with van der Waals surface area (Å²) in [5.41, 5.74) is 1.23. The first kappa shape index (κ1) is 18.1. The lowest BCUT2D eigenvalue weighted by Gasteiger charge is -2.15. The molecule has 1 aliphatic rings. The number of phenolic OH excluding ortho intramolecular Hbond substituents is 1. The van der Waals surface area contributed by atoms with Crippen LogP contribution in [0.2, 0.25) is 10.0 Å². The predicted molar refractivity (Wildman–Crippen MR) is 107 cm³/mol. The maximum atomic E-state index is 12.7. The molecule has 128 valence electrons. The van der Waals surface area contributed by atoms with E-state index in [2.05, 4.69) is 0 Å². The molecule has 1 fully saturated rings. The van der Waals surface area contributed by atoms with E-state index in [9.17, 15) is 9.90 Å². The molecule has 3 rings (SSSR count). The number of amides is 1. The molecule has 0 spiro atoms. The van der Waals surface area contributed by atoms with Gasteiger partial charge in [0.05, 0.1) is 17.7 Å². The maximum Gasteiger partial charge on any atom is 0.270 e. The number of phenols is 1. The van der Waals surface area contributed by atoms with Gasteiger partial charge in [0.25, 0.3) is 5.91 Å². The molecule has 0 aromatic heterocycles. The summed E-state index contributed by atoms with van der Waals surface area (Å²) in [5.74, 6) is 0.0898. The van der Waals surface area contributed by atoms with E-state index >= 15 is 0 Å². The molecule has 1 aliphatic heterocycles. The number of carbonyl (C=O) groups excluding carboxylic acids is 1. The SMILES string of the molecule is COc1cc(/C=C2/SC(=S)N(c3cc(Cl)cc(Cl)c3)C2=O)ccc1O. The second-order valence-corrected chi connectivity index (χ2v) is 7.62. The molecular weight excluding hydrogens is 401 g/mol. The molecule has 1 heterocycles. The van der Waals surface area contributed by atoms with Crippen LogP contribution in [0.25, 0.3) is 6.08 Å². The van der Waals surface area contributed by atoms with Crippen molar-refractivity contribution < 1.29 is 14.6 Å². The lowest BCUT2D eigenvalue weighted by atomic mass is 10.2. The number of benzene rings is 2. The molecule has 0 bridgehead atoms. The van der Waals surface area contributed by atoms with E-state index < -0.39 is 0 Å². The summed E-state index contributed by atoms with van der Waals surface area (Å²) < 4.78 is 5.47. The fourth-order valence-corrected chi connectivity index (χ4v) is 4.11. The molecule has 2 aromatic rings. The van der Waals surface area contributed by atoms with E-state index in [1.54, 1.807) is 36.4 Å². The number of anilines is 1. The number of methoxy groups -OCH3 is 1. The van der Waals surface area contributed by atoms with Gasteiger partial charge in [0.15, 0.2) is 15.8 Å². The summed E-state index contributed by atoms with van der Waals surface area (Å²) in [7, 11) is 1.46. The number of thioether (sulfide) groups is 1. The Balaban J connectivity index is 1.96. The van der Waals surface area contributed by atoms with Gasteiger partial charge in [0.2, 0.25) is 0 Å². The largest absolute Gasteiger partial charge is 0.504 e. The maximum absolute atomic E-state index is 12.7. The van der Waals surface area contributed by atoms with E-state index in [1.807, 2.05) is 0 Å². The van der Waals surface area contributed by atoms with Crippen molar-refractivity contribution in [1.29, 1.82) is 0 Å². The predicted octanol–water partition coefficient (Wildman–Crippen LogP) is 5.11. The van der Waals surface area contributed by atoms with Crippen molar-refractivity contribution in [3.05, 3.63) is 56.9 Å². The van der Waals surface area contributed by atoms with E-state index in [0.717, 1.165) is 0 Å². The topological polar surface area (TPSA) is 49.8 Å². The summed E-state index contributed by atoms with van der Waals surface area (Å²) in [4.78, 5) is 14.6. The van der Waals surface area contributed by atoms with Gasteiger partial charge >= 0.3 is 0 Å². The minimum atomic E-state index is -0.264. The van der Waals surface area contributed by atoms with Crippen LogP contribution in [-0.2, 0) is 4.79 Å². The first-order valence-corrected chi connectivity index (χ1v) is 8.98. The Morgan fingerprint density at radius 3 is 2.52 bits per heavy atom. The molecule has 0 atom stereocenters. The fraction of sp³-hybridized carbons (Fsp3) is 0.0588. The Morgan fingerprint density at radius 2 is 1.88 bits per heavy atom. The Hall–Kier alpha value is -1.73. The highest BCUT2D eigenvalue weighted by Gasteiger charge is 2.33. The van der Waals surface area contributed by atoms with Gasteiger partial charge in [-0.05, 0) is 42.0 Å². The number of hydrogen-bond donors (Lipinski definition) is 1. The number of thiocarbonyl (C=S) groups is 1. The Labute approximate surface area is 164 Å². The van der Waals surface area contributed by atoms with Crippen LogP contribution >= 0.6 is 47.2 Å². The molecule has 8 heteroatoms. The lowest BCUT2D eigenvalue weighted by molar-refractivity contribution is -0.113. The molecule has 1 N–H and O–H groups in total. The van der Waals surface area contributed by atoms with Gasteiger partial charge in [-0.3, -0.25) is 9.69 Å². The molecule has 2 aromatic carbocycles. The molecule has 0 aliphatic carbocycles. The average molecular weight is 412 g/mol. The van der Waals surface area contributed by atoms with Crippen LogP contribution in [0.4, 0.5) is 5.69 Å². The third-order valence-corrected chi connectivity index (χ3v) is 5.14. The van der Waals surface area contributed by atoms with Crippen LogP contribution in [0, 0.1) is 0 Å². The molecular formula is C17H11Cl2NO3S2. The van der Waals surface area contributed by atoms with Crippen LogP contribution in [0.3, 0.4) is 0 Å². The van der Waals surface area contributed by atoms with E-state index in [4.69, 9.17) is 40.2 Å². The number of rotatable bonds is 3. The van der Waals surface area contributed by atoms with Gasteiger partial charge in [-0.25, -0.2) is 0 Å². The van der Waals surface area contributed by atoms with Gasteiger partial charge in [0.1, 0.15) is 0 Å². The van der Waals surface area contributed by atoms with Crippen molar-refractivity contribution in [2.24, 2.45) is 0 Å². The quantitative estimate of drug-likeness (QED) is 0.561. The smallest absolute Gasteiger partial charge is 0.270 e. The standard InChI is InChI=1S/C17H11Cl2NO3S2/c1-23-14-4-9(2-3-13(14)21)5-15-16(22)20(17(24)25-15)12-7-10(18)6-11(19)8-12/h2-8,21H,1H3/b15-5+. The van der Waals surface area contributed by atoms with Crippen molar-refractivity contribution >= 4 is 69.2 Å². The molecule has 0 radical (unpaired) electrons. The van der Waals surface area contributed by atoms with E-state index in [1.165, 1.54) is 29.8 Å². The number of carbonyl (C=O) groups is 1. The second-order valence-electron chi connectivity index (χ2n) is 5.08. The van der Waals surface area contributed by atoms with Crippen molar-refractivity contribution in [3.63, 3.8) is 0 Å². The van der Waals surface area contributed by atoms with Crippen molar-refractivity contribution in [2.75, 3.05) is 12.0 Å². The number of ether oxygens (including phenoxy) is 1. The molecule has 4 nitrogen and oxygen atoms in total. The van der Waals surface area contributed by atoms with Crippen molar-refractivity contribution in [2.45, 2.75) is 0 Å². The monoisotopic (exact) mass is 411 g/mol. The molecule has 0 unspecified atom stereocenters. The molecule has 1 saturated heterocycles. The second kappa shape index (κ2) is 7.25. The molecule has 0 saturated carbocycles. The van der Waals surface area contributed by atoms with Crippen LogP contribution in [0.15, 0.2) is 41.3 Å². The Kier molecular flexibility index (Phi) is 5.24. The van der Waals surface area contributed by atoms with Crippen LogP contribution in [0.1, 0.15) is 5.56 Å². The highest BCUT2D eigenvalue weighted by atomic mass is 35.5. The summed E-state index contributed by atoms with van der Waals surface area (Å²) >= 11 is 18.5. The van der Waals surface area contributed by atoms with Gasteiger partial charge in [-0.2, -0.15) is 0 Å². The summed E-state index contributed by atoms with van der Waals surface area (Å²) in [6.45, 7) is 0. The number of halogens is 2. The third kappa shape index (κ3) is 3.77. The first-order valence-electron chi connectivity index (χ1n) is 7.00. The zero-order valence-electron chi connectivity index (χ0n) is 12.8. The summed E-state index contributed by atoms with van der Waals surface area (Å²) in [5, 5.41) is 10.5. The van der Waals surface area contributed by atoms with E-state index in [-0.39, 0.29) is 11.7 Å². The number of hydrogen-bond acceptors (Lipinski definition) is 5. The third-order valence-electron chi connectivity index (χ3n) is 3.40. The Morgan fingerprint density at radius 1 is 1.20 bits per heavy atom. The summed E-state index contributed by atoms with van der Waals surface area (Å²) in [6, 6.07) is 9.67. The highest BCUT2D eigenvalue weighted by Crippen LogP contribution is 2.38. The minimum Gasteiger partial charge on any atom is -0.504 e. The van der Waals surface area contributed by atoms with E-state index in [0.29, 0.717) is 36.3 Å². The van der Waals surface area contributed by atoms with Gasteiger partial charge < -0.3 is 9.84 Å². The van der Waals surface area contributed by atoms with Gasteiger partial charge in [-0.15, -0.1) is 0 Å². The van der Waals surface area contributed by atoms with Gasteiger partial charge in [0, 0.05) is 10.0 Å². The highest BCUT2D eigenvalue weighted by molar-refractivity contribution is 8.27. The van der Waals surface area contributed by atoms with Crippen LogP contribution in [-0.4, -0.2) is 22.4 Å².